The van der Waals surface area contributed by atoms with E-state index in [1.807, 2.05) is 47.6 Å². The molecule has 5 nitrogen and oxygen atoms in total. The maximum Gasteiger partial charge on any atom is 0.211 e. The smallest absolute Gasteiger partial charge is 0.211 e. The van der Waals surface area contributed by atoms with Gasteiger partial charge in [-0.2, -0.15) is 0 Å². The van der Waals surface area contributed by atoms with E-state index in [9.17, 15) is 5.11 Å². The zero-order valence-electron chi connectivity index (χ0n) is 15.6. The predicted octanol–water partition coefficient (Wildman–Crippen LogP) is 3.10. The Bertz CT molecular complexity index is 558. The van der Waals surface area contributed by atoms with Gasteiger partial charge < -0.3 is 24.1 Å². The average molecular weight is 338 g/mol. The maximum absolute atomic E-state index is 11.7. The molecule has 1 heterocycles. The first kappa shape index (κ1) is 19.3. The molecule has 0 aromatic heterocycles. The topological polar surface area (TPSA) is 57.2 Å². The van der Waals surface area contributed by atoms with Crippen LogP contribution in [0, 0.1) is 0 Å². The second kappa shape index (κ2) is 6.73. The molecule has 0 saturated carbocycles. The monoisotopic (exact) mass is 338 g/mol. The summed E-state index contributed by atoms with van der Waals surface area (Å²) >= 11 is 0. The number of hydrogen-bond acceptors (Lipinski definition) is 5. The average Bonchev–Trinajstić information content (AvgIpc) is 3.00. The Morgan fingerprint density at radius 3 is 2.42 bits per heavy atom. The highest BCUT2D eigenvalue weighted by Gasteiger charge is 2.56. The van der Waals surface area contributed by atoms with Crippen molar-refractivity contribution < 1.29 is 24.1 Å². The van der Waals surface area contributed by atoms with Gasteiger partial charge in [0.25, 0.3) is 0 Å². The van der Waals surface area contributed by atoms with E-state index < -0.39 is 23.3 Å². The summed E-state index contributed by atoms with van der Waals surface area (Å²) in [5, 5.41) is 11.7. The molecule has 1 aliphatic heterocycles. The van der Waals surface area contributed by atoms with Crippen LogP contribution in [0.25, 0.3) is 0 Å². The summed E-state index contributed by atoms with van der Waals surface area (Å²) in [4.78, 5) is 0. The van der Waals surface area contributed by atoms with Crippen molar-refractivity contribution in [2.75, 3.05) is 19.8 Å². The lowest BCUT2D eigenvalue weighted by Gasteiger charge is -2.49. The minimum Gasteiger partial charge on any atom is -0.378 e. The lowest BCUT2D eigenvalue weighted by Crippen LogP contribution is -2.58. The van der Waals surface area contributed by atoms with Crippen LogP contribution in [0.5, 0.6) is 0 Å². The van der Waals surface area contributed by atoms with Crippen molar-refractivity contribution in [1.29, 1.82) is 0 Å². The Kier molecular flexibility index (Phi) is 5.43. The van der Waals surface area contributed by atoms with E-state index in [4.69, 9.17) is 18.9 Å². The molecular weight excluding hydrogens is 308 g/mol. The van der Waals surface area contributed by atoms with E-state index in [1.54, 1.807) is 6.08 Å². The molecule has 24 heavy (non-hydrogen) atoms. The molecule has 1 saturated heterocycles. The fourth-order valence-corrected chi connectivity index (χ4v) is 3.71. The van der Waals surface area contributed by atoms with Crippen molar-refractivity contribution in [1.82, 2.24) is 0 Å². The highest BCUT2D eigenvalue weighted by atomic mass is 16.7. The highest BCUT2D eigenvalue weighted by Crippen LogP contribution is 2.49. The van der Waals surface area contributed by atoms with Crippen molar-refractivity contribution in [3.63, 3.8) is 0 Å². The Labute approximate surface area is 144 Å². The van der Waals surface area contributed by atoms with Crippen LogP contribution in [0.3, 0.4) is 0 Å². The van der Waals surface area contributed by atoms with Crippen molar-refractivity contribution >= 4 is 0 Å². The first-order chi connectivity index (χ1) is 11.2. The predicted molar refractivity (Wildman–Crippen MR) is 92.5 cm³/mol. The summed E-state index contributed by atoms with van der Waals surface area (Å²) in [6.45, 7) is 16.7. The summed E-state index contributed by atoms with van der Waals surface area (Å²) < 4.78 is 23.2. The van der Waals surface area contributed by atoms with E-state index in [1.165, 1.54) is 0 Å². The van der Waals surface area contributed by atoms with Gasteiger partial charge >= 0.3 is 0 Å². The van der Waals surface area contributed by atoms with Crippen molar-refractivity contribution in [3.05, 3.63) is 35.5 Å². The Morgan fingerprint density at radius 2 is 1.92 bits per heavy atom. The molecule has 0 aromatic rings. The molecule has 3 atom stereocenters. The third-order valence-corrected chi connectivity index (χ3v) is 5.24. The summed E-state index contributed by atoms with van der Waals surface area (Å²) in [6, 6.07) is 0. The summed E-state index contributed by atoms with van der Waals surface area (Å²) in [7, 11) is 0. The van der Waals surface area contributed by atoms with Crippen LogP contribution in [0.4, 0.5) is 0 Å². The fourth-order valence-electron chi connectivity index (χ4n) is 3.71. The van der Waals surface area contributed by atoms with Crippen LogP contribution >= 0.6 is 0 Å². The van der Waals surface area contributed by atoms with Crippen LogP contribution < -0.4 is 0 Å². The normalized spacial score (nSPS) is 30.2. The third-order valence-electron chi connectivity index (χ3n) is 5.24. The summed E-state index contributed by atoms with van der Waals surface area (Å²) in [6.07, 6.45) is 3.00. The zero-order chi connectivity index (χ0) is 18.2. The Balaban J connectivity index is 2.48. The zero-order valence-corrected chi connectivity index (χ0v) is 15.6. The molecule has 3 unspecified atom stereocenters. The van der Waals surface area contributed by atoms with Gasteiger partial charge in [-0.05, 0) is 64.3 Å². The number of aliphatic hydroxyl groups is 1. The molecule has 2 rings (SSSR count). The van der Waals surface area contributed by atoms with Crippen LogP contribution in [0.1, 0.15) is 41.5 Å². The minimum atomic E-state index is -1.36. The second-order valence-corrected chi connectivity index (χ2v) is 6.60. The SMILES string of the molecule is C=CC(C)(OC(C)OCC)C1(O)C(C)=CC2(OCCO2)C(C)=C1C. The van der Waals surface area contributed by atoms with Gasteiger partial charge in [0.05, 0.1) is 13.2 Å². The highest BCUT2D eigenvalue weighted by molar-refractivity contribution is 5.49. The van der Waals surface area contributed by atoms with Crippen LogP contribution in [-0.4, -0.2) is 48.2 Å². The molecule has 136 valence electrons. The first-order valence-electron chi connectivity index (χ1n) is 8.48. The van der Waals surface area contributed by atoms with E-state index in [0.29, 0.717) is 25.4 Å². The van der Waals surface area contributed by atoms with Crippen LogP contribution in [-0.2, 0) is 18.9 Å². The maximum atomic E-state index is 11.7. The molecular formula is C19H30O5. The van der Waals surface area contributed by atoms with E-state index >= 15 is 0 Å². The van der Waals surface area contributed by atoms with Gasteiger partial charge in [-0.15, -0.1) is 6.58 Å². The van der Waals surface area contributed by atoms with E-state index in [2.05, 4.69) is 6.58 Å². The molecule has 0 aromatic carbocycles. The molecule has 5 heteroatoms. The van der Waals surface area contributed by atoms with Crippen LogP contribution in [0.15, 0.2) is 35.5 Å². The lowest BCUT2D eigenvalue weighted by atomic mass is 9.68. The van der Waals surface area contributed by atoms with E-state index in [-0.39, 0.29) is 0 Å². The quantitative estimate of drug-likeness (QED) is 0.596. The largest absolute Gasteiger partial charge is 0.378 e. The fraction of sp³-hybridized carbons (Fsp3) is 0.684. The van der Waals surface area contributed by atoms with Gasteiger partial charge in [0.1, 0.15) is 11.2 Å². The van der Waals surface area contributed by atoms with Gasteiger partial charge in [0, 0.05) is 6.61 Å². The number of hydrogen-bond donors (Lipinski definition) is 1. The molecule has 2 aliphatic rings. The molecule has 0 bridgehead atoms. The van der Waals surface area contributed by atoms with Crippen molar-refractivity contribution in [3.8, 4) is 0 Å². The van der Waals surface area contributed by atoms with E-state index in [0.717, 1.165) is 11.1 Å². The molecule has 0 radical (unpaired) electrons. The number of rotatable bonds is 6. The second-order valence-electron chi connectivity index (χ2n) is 6.60. The van der Waals surface area contributed by atoms with Crippen molar-refractivity contribution in [2.24, 2.45) is 0 Å². The molecule has 1 spiro atoms. The minimum absolute atomic E-state index is 0.474. The Morgan fingerprint density at radius 1 is 1.33 bits per heavy atom. The van der Waals surface area contributed by atoms with Gasteiger partial charge in [-0.1, -0.05) is 6.08 Å². The Hall–Kier alpha value is -0.980. The van der Waals surface area contributed by atoms with Crippen LogP contribution in [0.2, 0.25) is 0 Å². The first-order valence-corrected chi connectivity index (χ1v) is 8.48. The summed E-state index contributed by atoms with van der Waals surface area (Å²) in [5.74, 6) is -0.881. The molecule has 1 fully saturated rings. The lowest BCUT2D eigenvalue weighted by molar-refractivity contribution is -0.220. The van der Waals surface area contributed by atoms with Gasteiger partial charge in [0.15, 0.2) is 6.29 Å². The third kappa shape index (κ3) is 2.78. The standard InChI is InChI=1S/C19H30O5/c1-8-17(7,24-16(6)21-9-2)19(20)13(3)12-18(14(4)15(19)5)22-10-11-23-18/h8,12,16,20H,1,9-11H2,2-7H3. The van der Waals surface area contributed by atoms with Gasteiger partial charge in [0.2, 0.25) is 5.79 Å². The van der Waals surface area contributed by atoms with Gasteiger partial charge in [-0.25, -0.2) is 0 Å². The van der Waals surface area contributed by atoms with Crippen molar-refractivity contribution in [2.45, 2.75) is 64.8 Å². The molecule has 1 N–H and O–H groups in total. The molecule has 1 aliphatic carbocycles. The number of ether oxygens (including phenoxy) is 4. The molecule has 0 amide bonds. The van der Waals surface area contributed by atoms with Gasteiger partial charge in [-0.3, -0.25) is 0 Å². The summed E-state index contributed by atoms with van der Waals surface area (Å²) in [5.41, 5.74) is -0.124.